The van der Waals surface area contributed by atoms with Gasteiger partial charge in [-0.25, -0.2) is 9.59 Å². The highest BCUT2D eigenvalue weighted by molar-refractivity contribution is 5.91. The van der Waals surface area contributed by atoms with Crippen LogP contribution in [0.1, 0.15) is 44.4 Å². The number of fused-ring (bicyclic) bond motifs is 1. The van der Waals surface area contributed by atoms with Gasteiger partial charge >= 0.3 is 11.8 Å². The summed E-state index contributed by atoms with van der Waals surface area (Å²) in [6, 6.07) is 8.82. The number of aromatic nitrogens is 1. The van der Waals surface area contributed by atoms with Crippen LogP contribution in [-0.2, 0) is 6.54 Å². The third kappa shape index (κ3) is 3.37. The molecule has 1 aliphatic rings. The largest absolute Gasteiger partial charge is 0.467 e. The highest BCUT2D eigenvalue weighted by Gasteiger charge is 2.28. The lowest BCUT2D eigenvalue weighted by molar-refractivity contribution is 0.179. The van der Waals surface area contributed by atoms with Crippen molar-refractivity contribution in [2.75, 3.05) is 11.9 Å². The molecule has 27 heavy (non-hydrogen) atoms. The number of aryl methyl sites for hydroxylation is 1. The monoisotopic (exact) mass is 369 g/mol. The molecule has 1 aromatic carbocycles. The first kappa shape index (κ1) is 17.5. The van der Waals surface area contributed by atoms with E-state index in [1.54, 1.807) is 29.0 Å². The molecule has 1 aliphatic heterocycles. The van der Waals surface area contributed by atoms with Crippen LogP contribution in [0.15, 0.2) is 50.2 Å². The fraction of sp³-hybridized carbons (Fsp3) is 0.400. The molecule has 1 N–H and O–H groups in total. The Morgan fingerprint density at radius 1 is 1.26 bits per heavy atom. The highest BCUT2D eigenvalue weighted by atomic mass is 16.4. The molecule has 0 bridgehead atoms. The van der Waals surface area contributed by atoms with Gasteiger partial charge in [-0.1, -0.05) is 12.8 Å². The van der Waals surface area contributed by atoms with Crippen LogP contribution in [0.25, 0.3) is 11.1 Å². The molecule has 1 fully saturated rings. The summed E-state index contributed by atoms with van der Waals surface area (Å²) >= 11 is 0. The third-order valence-electron chi connectivity index (χ3n) is 5.12. The number of nitrogens with one attached hydrogen (secondary N) is 1. The zero-order valence-corrected chi connectivity index (χ0v) is 15.3. The van der Waals surface area contributed by atoms with E-state index in [0.717, 1.165) is 37.0 Å². The Morgan fingerprint density at radius 2 is 2.15 bits per heavy atom. The molecule has 142 valence electrons. The number of hydrogen-bond donors (Lipinski definition) is 1. The SMILES string of the molecule is CCn1c(=O)oc2cc(NC(=O)N3CCCCC[C@@H]3c3ccco3)ccc21. The van der Waals surface area contributed by atoms with E-state index >= 15 is 0 Å². The van der Waals surface area contributed by atoms with Crippen LogP contribution in [0.3, 0.4) is 0 Å². The van der Waals surface area contributed by atoms with Gasteiger partial charge in [0.05, 0.1) is 17.8 Å². The van der Waals surface area contributed by atoms with Gasteiger partial charge in [0, 0.05) is 24.8 Å². The molecule has 0 spiro atoms. The number of hydrogen-bond acceptors (Lipinski definition) is 4. The molecule has 0 saturated carbocycles. The van der Waals surface area contributed by atoms with Gasteiger partial charge in [0.25, 0.3) is 0 Å². The fourth-order valence-electron chi connectivity index (χ4n) is 3.77. The maximum Gasteiger partial charge on any atom is 0.419 e. The number of amides is 2. The smallest absolute Gasteiger partial charge is 0.419 e. The molecule has 0 aliphatic carbocycles. The van der Waals surface area contributed by atoms with Crippen molar-refractivity contribution >= 4 is 22.8 Å². The van der Waals surface area contributed by atoms with Crippen molar-refractivity contribution in [2.24, 2.45) is 0 Å². The Morgan fingerprint density at radius 3 is 2.93 bits per heavy atom. The van der Waals surface area contributed by atoms with E-state index in [-0.39, 0.29) is 17.8 Å². The van der Waals surface area contributed by atoms with Crippen LogP contribution in [0.4, 0.5) is 10.5 Å². The van der Waals surface area contributed by atoms with Gasteiger partial charge in [-0.05, 0) is 44.0 Å². The Balaban J connectivity index is 1.58. The molecule has 4 rings (SSSR count). The topological polar surface area (TPSA) is 80.6 Å². The van der Waals surface area contributed by atoms with Gasteiger partial charge in [0.2, 0.25) is 0 Å². The van der Waals surface area contributed by atoms with Gasteiger partial charge in [0.15, 0.2) is 5.58 Å². The predicted molar refractivity (Wildman–Crippen MR) is 102 cm³/mol. The number of carbonyl (C=O) groups is 1. The Kier molecular flexibility index (Phi) is 4.75. The van der Waals surface area contributed by atoms with Crippen LogP contribution >= 0.6 is 0 Å². The number of anilines is 1. The van der Waals surface area contributed by atoms with Crippen molar-refractivity contribution in [2.45, 2.75) is 45.2 Å². The van der Waals surface area contributed by atoms with E-state index < -0.39 is 0 Å². The molecular formula is C20H23N3O4. The van der Waals surface area contributed by atoms with E-state index in [2.05, 4.69) is 5.32 Å². The van der Waals surface area contributed by atoms with Gasteiger partial charge < -0.3 is 19.1 Å². The van der Waals surface area contributed by atoms with Crippen molar-refractivity contribution in [3.63, 3.8) is 0 Å². The standard InChI is InChI=1S/C20H23N3O4/c1-2-22-16-10-9-14(13-18(16)27-20(22)25)21-19(24)23-11-5-3-4-7-15(23)17-8-6-12-26-17/h6,8-10,12-13,15H,2-5,7,11H2,1H3,(H,21,24)/t15-/m1/s1. The first-order chi connectivity index (χ1) is 13.2. The van der Waals surface area contributed by atoms with Crippen LogP contribution < -0.4 is 11.1 Å². The Labute approximate surface area is 156 Å². The Hall–Kier alpha value is -2.96. The summed E-state index contributed by atoms with van der Waals surface area (Å²) in [6.07, 6.45) is 5.66. The third-order valence-corrected chi connectivity index (χ3v) is 5.12. The van der Waals surface area contributed by atoms with E-state index in [9.17, 15) is 9.59 Å². The minimum Gasteiger partial charge on any atom is -0.467 e. The average molecular weight is 369 g/mol. The molecule has 0 unspecified atom stereocenters. The molecule has 3 aromatic rings. The molecular weight excluding hydrogens is 346 g/mol. The van der Waals surface area contributed by atoms with Crippen LogP contribution in [0.2, 0.25) is 0 Å². The molecule has 3 heterocycles. The fourth-order valence-corrected chi connectivity index (χ4v) is 3.77. The summed E-state index contributed by atoms with van der Waals surface area (Å²) in [7, 11) is 0. The summed E-state index contributed by atoms with van der Waals surface area (Å²) in [5.41, 5.74) is 1.80. The number of urea groups is 1. The quantitative estimate of drug-likeness (QED) is 0.744. The lowest BCUT2D eigenvalue weighted by Gasteiger charge is -2.28. The maximum absolute atomic E-state index is 13.0. The van der Waals surface area contributed by atoms with Crippen LogP contribution in [-0.4, -0.2) is 22.0 Å². The van der Waals surface area contributed by atoms with Gasteiger partial charge in [-0.2, -0.15) is 0 Å². The number of likely N-dealkylation sites (tertiary alicyclic amines) is 1. The summed E-state index contributed by atoms with van der Waals surface area (Å²) < 4.78 is 12.4. The van der Waals surface area contributed by atoms with E-state index in [0.29, 0.717) is 24.4 Å². The zero-order chi connectivity index (χ0) is 18.8. The molecule has 7 nitrogen and oxygen atoms in total. The molecule has 2 aromatic heterocycles. The van der Waals surface area contributed by atoms with Crippen molar-refractivity contribution in [1.82, 2.24) is 9.47 Å². The van der Waals surface area contributed by atoms with Gasteiger partial charge in [0.1, 0.15) is 5.76 Å². The highest BCUT2D eigenvalue weighted by Crippen LogP contribution is 2.31. The molecule has 1 saturated heterocycles. The predicted octanol–water partition coefficient (Wildman–Crippen LogP) is 4.36. The van der Waals surface area contributed by atoms with Crippen molar-refractivity contribution in [3.05, 3.63) is 52.9 Å². The number of rotatable bonds is 3. The second-order valence-electron chi connectivity index (χ2n) is 6.80. The molecule has 2 amide bonds. The molecule has 7 heteroatoms. The minimum atomic E-state index is -0.388. The number of oxazole rings is 1. The summed E-state index contributed by atoms with van der Waals surface area (Å²) in [4.78, 5) is 26.7. The molecule has 1 atom stereocenters. The number of carbonyl (C=O) groups excluding carboxylic acids is 1. The van der Waals surface area contributed by atoms with Gasteiger partial charge in [-0.3, -0.25) is 4.57 Å². The maximum atomic E-state index is 13.0. The van der Waals surface area contributed by atoms with E-state index in [4.69, 9.17) is 8.83 Å². The number of furan rings is 1. The summed E-state index contributed by atoms with van der Waals surface area (Å²) in [6.45, 7) is 3.11. The normalized spacial score (nSPS) is 17.8. The van der Waals surface area contributed by atoms with E-state index in [1.807, 2.05) is 24.0 Å². The summed E-state index contributed by atoms with van der Waals surface area (Å²) in [5, 5.41) is 2.94. The lowest BCUT2D eigenvalue weighted by atomic mass is 10.1. The van der Waals surface area contributed by atoms with Crippen LogP contribution in [0.5, 0.6) is 0 Å². The van der Waals surface area contributed by atoms with Crippen molar-refractivity contribution < 1.29 is 13.6 Å². The first-order valence-electron chi connectivity index (χ1n) is 9.42. The lowest BCUT2D eigenvalue weighted by Crippen LogP contribution is -2.37. The zero-order valence-electron chi connectivity index (χ0n) is 15.3. The second kappa shape index (κ2) is 7.34. The summed E-state index contributed by atoms with van der Waals surface area (Å²) in [5.74, 6) is 0.426. The first-order valence-corrected chi connectivity index (χ1v) is 9.42. The molecule has 0 radical (unpaired) electrons. The van der Waals surface area contributed by atoms with Crippen molar-refractivity contribution in [3.8, 4) is 0 Å². The Bertz CT molecular complexity index is 986. The van der Waals surface area contributed by atoms with E-state index in [1.165, 1.54) is 0 Å². The second-order valence-corrected chi connectivity index (χ2v) is 6.80. The minimum absolute atomic E-state index is 0.0645. The number of benzene rings is 1. The average Bonchev–Trinajstić information content (AvgIpc) is 3.21. The number of nitrogens with zero attached hydrogens (tertiary/aromatic N) is 2. The van der Waals surface area contributed by atoms with Crippen molar-refractivity contribution in [1.29, 1.82) is 0 Å². The van der Waals surface area contributed by atoms with Gasteiger partial charge in [-0.15, -0.1) is 0 Å². The van der Waals surface area contributed by atoms with Crippen LogP contribution in [0, 0.1) is 0 Å².